The average Bonchev–Trinajstić information content (AvgIpc) is 2.45. The van der Waals surface area contributed by atoms with Gasteiger partial charge in [-0.3, -0.25) is 0 Å². The van der Waals surface area contributed by atoms with Crippen LogP contribution in [-0.2, 0) is 0 Å². The van der Waals surface area contributed by atoms with Gasteiger partial charge in [-0.05, 0) is 12.1 Å². The smallest absolute Gasteiger partial charge is 0.212 e. The third-order valence-corrected chi connectivity index (χ3v) is 1.48. The number of rotatable bonds is 0. The Bertz CT molecular complexity index is 393. The van der Waals surface area contributed by atoms with Gasteiger partial charge in [0.25, 0.3) is 0 Å². The largest absolute Gasteiger partial charge is 0.504 e. The lowest BCUT2D eigenvalue weighted by Gasteiger charge is -1.94. The first kappa shape index (κ1) is 6.03. The second kappa shape index (κ2) is 1.88. The molecule has 2 aromatic rings. The van der Waals surface area contributed by atoms with Crippen molar-refractivity contribution in [2.75, 3.05) is 0 Å². The molecule has 0 bridgehead atoms. The van der Waals surface area contributed by atoms with Crippen LogP contribution in [0.3, 0.4) is 0 Å². The van der Waals surface area contributed by atoms with Gasteiger partial charge in [-0.25, -0.2) is 0 Å². The zero-order chi connectivity index (χ0) is 7.84. The van der Waals surface area contributed by atoms with E-state index in [0.717, 1.165) is 0 Å². The Balaban J connectivity index is 2.93. The van der Waals surface area contributed by atoms with Gasteiger partial charge in [0.15, 0.2) is 5.75 Å². The molecule has 0 aliphatic carbocycles. The zero-order valence-electron chi connectivity index (χ0n) is 5.48. The summed E-state index contributed by atoms with van der Waals surface area (Å²) in [7, 11) is 0. The molecule has 56 valence electrons. The summed E-state index contributed by atoms with van der Waals surface area (Å²) in [5.41, 5.74) is 0.213. The van der Waals surface area contributed by atoms with Crippen LogP contribution in [0.15, 0.2) is 22.9 Å². The first-order valence-electron chi connectivity index (χ1n) is 3.04. The van der Waals surface area contributed by atoms with Crippen molar-refractivity contribution in [2.24, 2.45) is 0 Å². The van der Waals surface area contributed by atoms with Crippen molar-refractivity contribution in [1.82, 2.24) is 5.16 Å². The fourth-order valence-corrected chi connectivity index (χ4v) is 0.910. The van der Waals surface area contributed by atoms with Crippen LogP contribution >= 0.6 is 0 Å². The van der Waals surface area contributed by atoms with E-state index >= 15 is 0 Å². The molecule has 0 spiro atoms. The van der Waals surface area contributed by atoms with E-state index in [1.54, 1.807) is 6.07 Å². The molecule has 4 heteroatoms. The average molecular weight is 151 g/mol. The van der Waals surface area contributed by atoms with Gasteiger partial charge in [0.2, 0.25) is 11.3 Å². The molecule has 0 saturated heterocycles. The Morgan fingerprint density at radius 3 is 2.91 bits per heavy atom. The van der Waals surface area contributed by atoms with E-state index in [2.05, 4.69) is 9.68 Å². The number of fused-ring (bicyclic) bond motifs is 1. The van der Waals surface area contributed by atoms with E-state index in [9.17, 15) is 0 Å². The topological polar surface area (TPSA) is 66.5 Å². The maximum atomic E-state index is 9.16. The second-order valence-corrected chi connectivity index (χ2v) is 2.18. The van der Waals surface area contributed by atoms with E-state index in [1.165, 1.54) is 12.3 Å². The van der Waals surface area contributed by atoms with Gasteiger partial charge in [0.1, 0.15) is 0 Å². The van der Waals surface area contributed by atoms with E-state index in [4.69, 9.17) is 10.2 Å². The lowest BCUT2D eigenvalue weighted by molar-refractivity contribution is 0.387. The Morgan fingerprint density at radius 1 is 1.27 bits per heavy atom. The van der Waals surface area contributed by atoms with Crippen molar-refractivity contribution in [1.29, 1.82) is 0 Å². The molecule has 2 rings (SSSR count). The van der Waals surface area contributed by atoms with Gasteiger partial charge < -0.3 is 14.7 Å². The summed E-state index contributed by atoms with van der Waals surface area (Å²) in [6, 6.07) is 3.00. The molecule has 11 heavy (non-hydrogen) atoms. The molecule has 2 N–H and O–H groups in total. The Kier molecular flexibility index (Phi) is 1.03. The van der Waals surface area contributed by atoms with Gasteiger partial charge in [-0.1, -0.05) is 5.16 Å². The summed E-state index contributed by atoms with van der Waals surface area (Å²) in [6.07, 6.45) is 1.47. The summed E-state index contributed by atoms with van der Waals surface area (Å²) in [4.78, 5) is 0. The van der Waals surface area contributed by atoms with E-state index in [-0.39, 0.29) is 17.1 Å². The van der Waals surface area contributed by atoms with Gasteiger partial charge in [0, 0.05) is 5.39 Å². The summed E-state index contributed by atoms with van der Waals surface area (Å²) in [5, 5.41) is 22.3. The molecular formula is C7H5NO3. The number of phenols is 2. The molecule has 1 heterocycles. The molecule has 0 aliphatic rings. The number of phenolic OH excluding ortho intramolecular Hbond substituents is 2. The number of aromatic nitrogens is 1. The SMILES string of the molecule is Oc1ccc2cnoc2c1O. The van der Waals surface area contributed by atoms with Crippen LogP contribution in [0, 0.1) is 0 Å². The maximum absolute atomic E-state index is 9.16. The summed E-state index contributed by atoms with van der Waals surface area (Å²) in [5.74, 6) is -0.464. The highest BCUT2D eigenvalue weighted by molar-refractivity contribution is 5.84. The van der Waals surface area contributed by atoms with Gasteiger partial charge in [-0.15, -0.1) is 0 Å². The number of nitrogens with zero attached hydrogens (tertiary/aromatic N) is 1. The fraction of sp³-hybridized carbons (Fsp3) is 0. The van der Waals surface area contributed by atoms with Crippen LogP contribution in [0.4, 0.5) is 0 Å². The molecular weight excluding hydrogens is 146 g/mol. The quantitative estimate of drug-likeness (QED) is 0.556. The van der Waals surface area contributed by atoms with Crippen LogP contribution in [0.1, 0.15) is 0 Å². The third kappa shape index (κ3) is 0.724. The first-order valence-corrected chi connectivity index (χ1v) is 3.04. The molecule has 0 saturated carbocycles. The molecule has 1 aromatic carbocycles. The molecule has 0 unspecified atom stereocenters. The Labute approximate surface area is 61.7 Å². The van der Waals surface area contributed by atoms with Crippen molar-refractivity contribution >= 4 is 11.0 Å². The van der Waals surface area contributed by atoms with E-state index in [1.807, 2.05) is 0 Å². The lowest BCUT2D eigenvalue weighted by atomic mass is 10.2. The van der Waals surface area contributed by atoms with E-state index in [0.29, 0.717) is 5.39 Å². The summed E-state index contributed by atoms with van der Waals surface area (Å²) < 4.78 is 4.67. The van der Waals surface area contributed by atoms with Crippen LogP contribution < -0.4 is 0 Å². The Morgan fingerprint density at radius 2 is 2.09 bits per heavy atom. The molecule has 1 aromatic heterocycles. The second-order valence-electron chi connectivity index (χ2n) is 2.18. The molecule has 0 amide bonds. The number of benzene rings is 1. The fourth-order valence-electron chi connectivity index (χ4n) is 0.910. The third-order valence-electron chi connectivity index (χ3n) is 1.48. The minimum Gasteiger partial charge on any atom is -0.504 e. The summed E-state index contributed by atoms with van der Waals surface area (Å²) >= 11 is 0. The van der Waals surface area contributed by atoms with Crippen molar-refractivity contribution in [3.8, 4) is 11.5 Å². The standard InChI is InChI=1S/C7H5NO3/c9-5-2-1-4-3-8-11-7(4)6(5)10/h1-3,9-10H. The summed E-state index contributed by atoms with van der Waals surface area (Å²) in [6.45, 7) is 0. The monoisotopic (exact) mass is 151 g/mol. The molecule has 0 aliphatic heterocycles. The maximum Gasteiger partial charge on any atom is 0.212 e. The zero-order valence-corrected chi connectivity index (χ0v) is 5.48. The lowest BCUT2D eigenvalue weighted by Crippen LogP contribution is -1.68. The minimum atomic E-state index is -0.264. The molecule has 0 atom stereocenters. The van der Waals surface area contributed by atoms with Crippen LogP contribution in [-0.4, -0.2) is 15.4 Å². The van der Waals surface area contributed by atoms with Gasteiger partial charge in [-0.2, -0.15) is 0 Å². The highest BCUT2D eigenvalue weighted by atomic mass is 16.5. The van der Waals surface area contributed by atoms with Crippen LogP contribution in [0.2, 0.25) is 0 Å². The number of hydrogen-bond acceptors (Lipinski definition) is 4. The van der Waals surface area contributed by atoms with Gasteiger partial charge in [0.05, 0.1) is 6.20 Å². The van der Waals surface area contributed by atoms with E-state index < -0.39 is 0 Å². The first-order chi connectivity index (χ1) is 5.29. The predicted octanol–water partition coefficient (Wildman–Crippen LogP) is 1.24. The highest BCUT2D eigenvalue weighted by Crippen LogP contribution is 2.32. The minimum absolute atomic E-state index is 0.200. The number of aromatic hydroxyl groups is 2. The van der Waals surface area contributed by atoms with Crippen molar-refractivity contribution in [2.45, 2.75) is 0 Å². The Hall–Kier alpha value is -1.71. The number of hydrogen-bond donors (Lipinski definition) is 2. The van der Waals surface area contributed by atoms with Crippen molar-refractivity contribution < 1.29 is 14.7 Å². The molecule has 0 radical (unpaired) electrons. The van der Waals surface area contributed by atoms with Crippen molar-refractivity contribution in [3.05, 3.63) is 18.3 Å². The highest BCUT2D eigenvalue weighted by Gasteiger charge is 2.07. The molecule has 0 fully saturated rings. The normalized spacial score (nSPS) is 10.5. The predicted molar refractivity (Wildman–Crippen MR) is 37.3 cm³/mol. The van der Waals surface area contributed by atoms with Gasteiger partial charge >= 0.3 is 0 Å². The van der Waals surface area contributed by atoms with Crippen LogP contribution in [0.5, 0.6) is 11.5 Å². The molecule has 4 nitrogen and oxygen atoms in total. The van der Waals surface area contributed by atoms with Crippen LogP contribution in [0.25, 0.3) is 11.0 Å². The van der Waals surface area contributed by atoms with Crippen molar-refractivity contribution in [3.63, 3.8) is 0 Å².